The van der Waals surface area contributed by atoms with Crippen molar-refractivity contribution in [1.29, 1.82) is 0 Å². The van der Waals surface area contributed by atoms with Gasteiger partial charge in [-0.05, 0) is 70.5 Å². The topological polar surface area (TPSA) is 101 Å². The molecule has 11 heteroatoms. The number of anilines is 2. The minimum absolute atomic E-state index is 0.166. The Morgan fingerprint density at radius 3 is 2.19 bits per heavy atom. The summed E-state index contributed by atoms with van der Waals surface area (Å²) in [5, 5.41) is 7.49. The molecule has 0 spiro atoms. The van der Waals surface area contributed by atoms with Gasteiger partial charge >= 0.3 is 6.18 Å². The van der Waals surface area contributed by atoms with Crippen molar-refractivity contribution in [3.05, 3.63) is 35.4 Å². The number of piperidine rings is 1. The first-order valence-electron chi connectivity index (χ1n) is 10.3. The Balaban J connectivity index is 0.000000336. The fraction of sp³-hybridized carbons (Fsp3) is 0.524. The number of rotatable bonds is 4. The van der Waals surface area contributed by atoms with Gasteiger partial charge in [0.2, 0.25) is 10.0 Å². The summed E-state index contributed by atoms with van der Waals surface area (Å²) in [5.41, 5.74) is 5.28. The van der Waals surface area contributed by atoms with Crippen molar-refractivity contribution in [1.82, 2.24) is 15.1 Å². The van der Waals surface area contributed by atoms with Gasteiger partial charge in [0, 0.05) is 11.6 Å². The Labute approximate surface area is 187 Å². The largest absolute Gasteiger partial charge is 0.416 e. The molecule has 3 rings (SSSR count). The number of likely N-dealkylation sites (tertiary alicyclic amines) is 1. The van der Waals surface area contributed by atoms with Crippen LogP contribution in [0, 0.1) is 6.92 Å². The number of nitrogen functional groups attached to an aromatic ring is 1. The highest BCUT2D eigenvalue weighted by atomic mass is 32.2. The number of halogens is 3. The van der Waals surface area contributed by atoms with Gasteiger partial charge in [-0.3, -0.25) is 4.72 Å². The smallest absolute Gasteiger partial charge is 0.382 e. The van der Waals surface area contributed by atoms with Gasteiger partial charge in [-0.15, -0.1) is 10.2 Å². The first-order chi connectivity index (χ1) is 14.8. The molecule has 32 heavy (non-hydrogen) atoms. The van der Waals surface area contributed by atoms with Gasteiger partial charge in [-0.25, -0.2) is 8.42 Å². The molecule has 0 amide bonds. The zero-order valence-corrected chi connectivity index (χ0v) is 19.5. The number of benzene rings is 1. The molecule has 1 saturated heterocycles. The second kappa shape index (κ2) is 10.5. The molecule has 0 aliphatic carbocycles. The molecule has 1 aromatic heterocycles. The molecule has 1 aliphatic heterocycles. The van der Waals surface area contributed by atoms with Crippen LogP contribution in [0.3, 0.4) is 0 Å². The predicted molar refractivity (Wildman–Crippen MR) is 121 cm³/mol. The van der Waals surface area contributed by atoms with Gasteiger partial charge < -0.3 is 10.6 Å². The van der Waals surface area contributed by atoms with E-state index >= 15 is 0 Å². The van der Waals surface area contributed by atoms with E-state index in [1.54, 1.807) is 6.92 Å². The number of nitrogens with two attached hydrogens (primary N) is 1. The number of aryl methyl sites for hydroxylation is 1. The van der Waals surface area contributed by atoms with Gasteiger partial charge in [0.1, 0.15) is 5.82 Å². The minimum Gasteiger partial charge on any atom is -0.382 e. The minimum atomic E-state index is -4.60. The zero-order valence-electron chi connectivity index (χ0n) is 18.7. The lowest BCUT2D eigenvalue weighted by molar-refractivity contribution is -0.137. The normalized spacial score (nSPS) is 15.2. The van der Waals surface area contributed by atoms with Crippen LogP contribution >= 0.6 is 0 Å². The number of alkyl halides is 3. The summed E-state index contributed by atoms with van der Waals surface area (Å²) in [6, 6.07) is 4.97. The predicted octanol–water partition coefficient (Wildman–Crippen LogP) is 4.31. The number of hydrogen-bond acceptors (Lipinski definition) is 6. The molecule has 0 bridgehead atoms. The Kier molecular flexibility index (Phi) is 8.47. The standard InChI is InChI=1S/C13H13F3N4O2S.C8H17N/c1-7-5-10(18-19-12(7)17)9-4-3-8(13(14,15)16)6-11(9)20-23(2,21)22;1-8(2)9-6-4-3-5-7-9/h3-6,20H,1-2H3,(H2,17,19);8H,3-7H2,1-2H3. The van der Waals surface area contributed by atoms with Gasteiger partial charge in [0.25, 0.3) is 0 Å². The zero-order chi connectivity index (χ0) is 24.1. The molecule has 178 valence electrons. The monoisotopic (exact) mass is 473 g/mol. The van der Waals surface area contributed by atoms with E-state index in [9.17, 15) is 21.6 Å². The molecule has 0 saturated carbocycles. The van der Waals surface area contributed by atoms with Crippen LogP contribution in [0.2, 0.25) is 0 Å². The summed E-state index contributed by atoms with van der Waals surface area (Å²) in [5.74, 6) is 0.179. The fourth-order valence-electron chi connectivity index (χ4n) is 3.29. The third-order valence-corrected chi connectivity index (χ3v) is 5.65. The molecule has 0 unspecified atom stereocenters. The summed E-state index contributed by atoms with van der Waals surface area (Å²) in [7, 11) is -3.78. The SMILES string of the molecule is CC(C)N1CCCCC1.Cc1cc(-c2ccc(C(F)(F)F)cc2NS(C)(=O)=O)nnc1N. The summed E-state index contributed by atoms with van der Waals surface area (Å²) in [6.07, 6.45) is 0.520. The lowest BCUT2D eigenvalue weighted by Gasteiger charge is -2.29. The van der Waals surface area contributed by atoms with Crippen LogP contribution in [0.5, 0.6) is 0 Å². The number of nitrogens with one attached hydrogen (secondary N) is 1. The Hall–Kier alpha value is -2.40. The summed E-state index contributed by atoms with van der Waals surface area (Å²) < 4.78 is 63.4. The number of hydrogen-bond donors (Lipinski definition) is 2. The summed E-state index contributed by atoms with van der Waals surface area (Å²) in [6.45, 7) is 8.88. The van der Waals surface area contributed by atoms with Crippen LogP contribution in [0.4, 0.5) is 24.7 Å². The molecule has 2 aromatic rings. The van der Waals surface area contributed by atoms with Crippen molar-refractivity contribution >= 4 is 21.5 Å². The molecule has 3 N–H and O–H groups in total. The average Bonchev–Trinajstić information content (AvgIpc) is 2.69. The van der Waals surface area contributed by atoms with Crippen molar-refractivity contribution in [2.75, 3.05) is 29.8 Å². The Morgan fingerprint density at radius 1 is 1.09 bits per heavy atom. The van der Waals surface area contributed by atoms with E-state index in [1.807, 2.05) is 0 Å². The molecule has 0 atom stereocenters. The van der Waals surface area contributed by atoms with Crippen molar-refractivity contribution in [3.8, 4) is 11.3 Å². The van der Waals surface area contributed by atoms with Crippen molar-refractivity contribution in [3.63, 3.8) is 0 Å². The molecule has 0 radical (unpaired) electrons. The fourth-order valence-corrected chi connectivity index (χ4v) is 3.86. The van der Waals surface area contributed by atoms with Crippen LogP contribution in [0.25, 0.3) is 11.3 Å². The highest BCUT2D eigenvalue weighted by molar-refractivity contribution is 7.92. The second-order valence-electron chi connectivity index (χ2n) is 8.12. The van der Waals surface area contributed by atoms with E-state index in [2.05, 4.69) is 33.7 Å². The van der Waals surface area contributed by atoms with Crippen LogP contribution in [0.1, 0.15) is 44.2 Å². The number of aromatic nitrogens is 2. The quantitative estimate of drug-likeness (QED) is 0.686. The van der Waals surface area contributed by atoms with Crippen LogP contribution in [-0.4, -0.2) is 48.9 Å². The van der Waals surface area contributed by atoms with Gasteiger partial charge in [0.15, 0.2) is 0 Å². The van der Waals surface area contributed by atoms with Crippen molar-refractivity contribution in [2.45, 2.75) is 52.3 Å². The lowest BCUT2D eigenvalue weighted by atomic mass is 10.0. The van der Waals surface area contributed by atoms with Gasteiger partial charge in [-0.1, -0.05) is 12.5 Å². The van der Waals surface area contributed by atoms with Crippen LogP contribution in [-0.2, 0) is 16.2 Å². The maximum atomic E-state index is 12.8. The van der Waals surface area contributed by atoms with Gasteiger partial charge in [0.05, 0.1) is 23.2 Å². The van der Waals surface area contributed by atoms with Gasteiger partial charge in [-0.2, -0.15) is 13.2 Å². The van der Waals surface area contributed by atoms with E-state index in [0.29, 0.717) is 11.6 Å². The third kappa shape index (κ3) is 7.63. The van der Waals surface area contributed by atoms with Crippen molar-refractivity contribution < 1.29 is 21.6 Å². The Bertz CT molecular complexity index is 1020. The summed E-state index contributed by atoms with van der Waals surface area (Å²) >= 11 is 0. The van der Waals surface area contributed by atoms with E-state index in [4.69, 9.17) is 5.73 Å². The maximum absolute atomic E-state index is 12.8. The first kappa shape index (κ1) is 25.9. The second-order valence-corrected chi connectivity index (χ2v) is 9.87. The first-order valence-corrected chi connectivity index (χ1v) is 12.2. The van der Waals surface area contributed by atoms with E-state index < -0.39 is 21.8 Å². The van der Waals surface area contributed by atoms with E-state index in [1.165, 1.54) is 38.4 Å². The number of sulfonamides is 1. The molecule has 1 fully saturated rings. The highest BCUT2D eigenvalue weighted by Gasteiger charge is 2.31. The third-order valence-electron chi connectivity index (χ3n) is 5.06. The van der Waals surface area contributed by atoms with Crippen molar-refractivity contribution in [2.24, 2.45) is 0 Å². The molecule has 1 aromatic carbocycles. The lowest BCUT2D eigenvalue weighted by Crippen LogP contribution is -2.35. The molecule has 1 aliphatic rings. The molecular weight excluding hydrogens is 443 g/mol. The summed E-state index contributed by atoms with van der Waals surface area (Å²) in [4.78, 5) is 2.56. The Morgan fingerprint density at radius 2 is 1.72 bits per heavy atom. The van der Waals surface area contributed by atoms with Crippen LogP contribution < -0.4 is 10.5 Å². The van der Waals surface area contributed by atoms with E-state index in [-0.39, 0.29) is 22.8 Å². The molecule has 7 nitrogen and oxygen atoms in total. The average molecular weight is 474 g/mol. The highest BCUT2D eigenvalue weighted by Crippen LogP contribution is 2.36. The van der Waals surface area contributed by atoms with E-state index in [0.717, 1.165) is 24.4 Å². The molecule has 2 heterocycles. The molecular formula is C21H30F3N5O2S. The number of nitrogens with zero attached hydrogens (tertiary/aromatic N) is 3. The van der Waals surface area contributed by atoms with Crippen LogP contribution in [0.15, 0.2) is 24.3 Å². The maximum Gasteiger partial charge on any atom is 0.416 e.